The van der Waals surface area contributed by atoms with Crippen molar-refractivity contribution in [2.75, 3.05) is 13.7 Å². The van der Waals surface area contributed by atoms with Crippen molar-refractivity contribution in [2.24, 2.45) is 0 Å². The van der Waals surface area contributed by atoms with Gasteiger partial charge in [-0.25, -0.2) is 0 Å². The Morgan fingerprint density at radius 1 is 1.18 bits per heavy atom. The van der Waals surface area contributed by atoms with Gasteiger partial charge in [0.15, 0.2) is 0 Å². The lowest BCUT2D eigenvalue weighted by Crippen LogP contribution is -2.51. The number of piperidine rings is 1. The molecule has 3 nitrogen and oxygen atoms in total. The van der Waals surface area contributed by atoms with Crippen LogP contribution in [-0.2, 0) is 4.74 Å². The lowest BCUT2D eigenvalue weighted by Gasteiger charge is -2.38. The largest absolute Gasteiger partial charge is 0.377 e. The van der Waals surface area contributed by atoms with Crippen LogP contribution in [0.1, 0.15) is 45.4 Å². The topological polar surface area (TPSA) is 24.5 Å². The Hall–Kier alpha value is -0.120. The van der Waals surface area contributed by atoms with Gasteiger partial charge >= 0.3 is 0 Å². The normalized spacial score (nSPS) is 44.1. The van der Waals surface area contributed by atoms with Crippen LogP contribution in [0.2, 0.25) is 0 Å². The zero-order valence-corrected chi connectivity index (χ0v) is 11.2. The minimum atomic E-state index is 0.465. The number of hydrogen-bond acceptors (Lipinski definition) is 3. The molecule has 3 saturated heterocycles. The maximum atomic E-state index is 5.77. The molecule has 3 aliphatic rings. The molecule has 3 heterocycles. The highest BCUT2D eigenvalue weighted by molar-refractivity contribution is 4.97. The second-order valence-corrected chi connectivity index (χ2v) is 6.23. The molecule has 98 valence electrons. The maximum absolute atomic E-state index is 5.77. The standard InChI is InChI=1S/C14H26N2O/c1-10(14-4-3-7-17-14)15-11-8-12-5-6-13(9-11)16(12)2/h10-15H,3-9H2,1-2H3. The van der Waals surface area contributed by atoms with Gasteiger partial charge in [-0.1, -0.05) is 0 Å². The Bertz CT molecular complexity index is 251. The van der Waals surface area contributed by atoms with Crippen LogP contribution in [0.3, 0.4) is 0 Å². The van der Waals surface area contributed by atoms with E-state index < -0.39 is 0 Å². The Kier molecular flexibility index (Phi) is 3.42. The molecule has 0 radical (unpaired) electrons. The van der Waals surface area contributed by atoms with Crippen LogP contribution in [-0.4, -0.2) is 48.8 Å². The van der Waals surface area contributed by atoms with Gasteiger partial charge in [-0.05, 0) is 52.5 Å². The summed E-state index contributed by atoms with van der Waals surface area (Å²) in [6.07, 6.45) is 8.45. The first-order valence-corrected chi connectivity index (χ1v) is 7.33. The van der Waals surface area contributed by atoms with Crippen LogP contribution < -0.4 is 5.32 Å². The average Bonchev–Trinajstić information content (AvgIpc) is 2.88. The van der Waals surface area contributed by atoms with Crippen molar-refractivity contribution >= 4 is 0 Å². The predicted octanol–water partition coefficient (Wildman–Crippen LogP) is 1.77. The molecule has 0 amide bonds. The highest BCUT2D eigenvalue weighted by Crippen LogP contribution is 2.34. The molecule has 2 bridgehead atoms. The van der Waals surface area contributed by atoms with Gasteiger partial charge in [0.2, 0.25) is 0 Å². The summed E-state index contributed by atoms with van der Waals surface area (Å²) in [4.78, 5) is 2.61. The monoisotopic (exact) mass is 238 g/mol. The van der Waals surface area contributed by atoms with Crippen LogP contribution in [0.25, 0.3) is 0 Å². The molecule has 17 heavy (non-hydrogen) atoms. The molecule has 0 aliphatic carbocycles. The molecule has 1 N–H and O–H groups in total. The fraction of sp³-hybridized carbons (Fsp3) is 1.00. The van der Waals surface area contributed by atoms with Crippen molar-refractivity contribution in [3.63, 3.8) is 0 Å². The van der Waals surface area contributed by atoms with Crippen LogP contribution in [0.4, 0.5) is 0 Å². The molecule has 0 aromatic rings. The summed E-state index contributed by atoms with van der Waals surface area (Å²) in [6.45, 7) is 3.27. The third kappa shape index (κ3) is 2.38. The minimum Gasteiger partial charge on any atom is -0.377 e. The van der Waals surface area contributed by atoms with E-state index in [0.717, 1.165) is 24.7 Å². The van der Waals surface area contributed by atoms with E-state index in [1.165, 1.54) is 38.5 Å². The molecule has 3 rings (SSSR count). The number of ether oxygens (including phenoxy) is 1. The number of nitrogens with zero attached hydrogens (tertiary/aromatic N) is 1. The molecular weight excluding hydrogens is 212 g/mol. The molecule has 3 fully saturated rings. The van der Waals surface area contributed by atoms with Gasteiger partial charge in [-0.15, -0.1) is 0 Å². The summed E-state index contributed by atoms with van der Waals surface area (Å²) < 4.78 is 5.77. The van der Waals surface area contributed by atoms with Gasteiger partial charge < -0.3 is 15.0 Å². The van der Waals surface area contributed by atoms with E-state index in [-0.39, 0.29) is 0 Å². The highest BCUT2D eigenvalue weighted by Gasteiger charge is 2.39. The Labute approximate surface area is 105 Å². The quantitative estimate of drug-likeness (QED) is 0.811. The van der Waals surface area contributed by atoms with Gasteiger partial charge in [0, 0.05) is 30.8 Å². The Morgan fingerprint density at radius 2 is 1.88 bits per heavy atom. The zero-order chi connectivity index (χ0) is 11.8. The molecule has 0 saturated carbocycles. The smallest absolute Gasteiger partial charge is 0.0726 e. The van der Waals surface area contributed by atoms with Gasteiger partial charge in [-0.2, -0.15) is 0 Å². The van der Waals surface area contributed by atoms with Crippen molar-refractivity contribution in [1.29, 1.82) is 0 Å². The van der Waals surface area contributed by atoms with Crippen LogP contribution >= 0.6 is 0 Å². The first kappa shape index (κ1) is 11.9. The lowest BCUT2D eigenvalue weighted by molar-refractivity contribution is 0.0690. The van der Waals surface area contributed by atoms with E-state index >= 15 is 0 Å². The molecule has 4 unspecified atom stereocenters. The summed E-state index contributed by atoms with van der Waals surface area (Å²) in [6, 6.07) is 2.93. The van der Waals surface area contributed by atoms with E-state index in [9.17, 15) is 0 Å². The average molecular weight is 238 g/mol. The SMILES string of the molecule is CC(NC1CC2CCC(C1)N2C)C1CCCO1. The lowest BCUT2D eigenvalue weighted by atomic mass is 9.96. The van der Waals surface area contributed by atoms with Crippen molar-refractivity contribution < 1.29 is 4.74 Å². The molecule has 0 aromatic carbocycles. The van der Waals surface area contributed by atoms with E-state index in [0.29, 0.717) is 12.1 Å². The van der Waals surface area contributed by atoms with E-state index in [1.54, 1.807) is 0 Å². The van der Waals surface area contributed by atoms with Crippen molar-refractivity contribution in [1.82, 2.24) is 10.2 Å². The number of hydrogen-bond donors (Lipinski definition) is 1. The fourth-order valence-corrected chi connectivity index (χ4v) is 4.02. The van der Waals surface area contributed by atoms with Gasteiger partial charge in [0.1, 0.15) is 0 Å². The summed E-state index contributed by atoms with van der Waals surface area (Å²) in [5.41, 5.74) is 0. The number of rotatable bonds is 3. The zero-order valence-electron chi connectivity index (χ0n) is 11.2. The number of nitrogens with one attached hydrogen (secondary N) is 1. The minimum absolute atomic E-state index is 0.465. The second-order valence-electron chi connectivity index (χ2n) is 6.23. The van der Waals surface area contributed by atoms with E-state index in [1.807, 2.05) is 0 Å². The molecular formula is C14H26N2O. The summed E-state index contributed by atoms with van der Waals surface area (Å²) in [7, 11) is 2.31. The summed E-state index contributed by atoms with van der Waals surface area (Å²) in [5, 5.41) is 3.83. The first-order chi connectivity index (χ1) is 8.24. The van der Waals surface area contributed by atoms with E-state index in [2.05, 4.69) is 24.2 Å². The van der Waals surface area contributed by atoms with Gasteiger partial charge in [0.25, 0.3) is 0 Å². The van der Waals surface area contributed by atoms with Crippen molar-refractivity contribution in [3.05, 3.63) is 0 Å². The highest BCUT2D eigenvalue weighted by atomic mass is 16.5. The van der Waals surface area contributed by atoms with Gasteiger partial charge in [0.05, 0.1) is 6.10 Å². The van der Waals surface area contributed by atoms with Crippen molar-refractivity contribution in [3.8, 4) is 0 Å². The van der Waals surface area contributed by atoms with Crippen molar-refractivity contribution in [2.45, 2.75) is 75.7 Å². The fourth-order valence-electron chi connectivity index (χ4n) is 4.02. The molecule has 3 aliphatic heterocycles. The Morgan fingerprint density at radius 3 is 2.47 bits per heavy atom. The molecule has 0 aromatic heterocycles. The number of fused-ring (bicyclic) bond motifs is 2. The molecule has 4 atom stereocenters. The van der Waals surface area contributed by atoms with Crippen LogP contribution in [0.5, 0.6) is 0 Å². The molecule has 0 spiro atoms. The van der Waals surface area contributed by atoms with Crippen LogP contribution in [0.15, 0.2) is 0 Å². The third-order valence-electron chi connectivity index (χ3n) is 5.12. The first-order valence-electron chi connectivity index (χ1n) is 7.33. The maximum Gasteiger partial charge on any atom is 0.0726 e. The Balaban J connectivity index is 1.52. The predicted molar refractivity (Wildman–Crippen MR) is 69.2 cm³/mol. The third-order valence-corrected chi connectivity index (χ3v) is 5.12. The van der Waals surface area contributed by atoms with Gasteiger partial charge in [-0.3, -0.25) is 0 Å². The summed E-state index contributed by atoms with van der Waals surface area (Å²) >= 11 is 0. The second kappa shape index (κ2) is 4.87. The molecule has 3 heteroatoms. The van der Waals surface area contributed by atoms with E-state index in [4.69, 9.17) is 4.74 Å². The van der Waals surface area contributed by atoms with Crippen LogP contribution in [0, 0.1) is 0 Å². The summed E-state index contributed by atoms with van der Waals surface area (Å²) in [5.74, 6) is 0.